The van der Waals surface area contributed by atoms with E-state index in [1.54, 1.807) is 14.0 Å². The molecule has 6 nitrogen and oxygen atoms in total. The second-order valence-corrected chi connectivity index (χ2v) is 2.87. The van der Waals surface area contributed by atoms with Crippen molar-refractivity contribution in [3.05, 3.63) is 0 Å². The molecule has 0 bridgehead atoms. The minimum Gasteiger partial charge on any atom is -0.480 e. The smallest absolute Gasteiger partial charge is 0.326 e. The number of nitrogens with one attached hydrogen (secondary N) is 1. The van der Waals surface area contributed by atoms with Gasteiger partial charge in [0.15, 0.2) is 0 Å². The lowest BCUT2D eigenvalue weighted by Crippen LogP contribution is -2.46. The highest BCUT2D eigenvalue weighted by molar-refractivity contribution is 5.82. The average molecular weight is 204 g/mol. The van der Waals surface area contributed by atoms with Gasteiger partial charge in [-0.1, -0.05) is 0 Å². The van der Waals surface area contributed by atoms with Gasteiger partial charge in [0.05, 0.1) is 0 Å². The minimum atomic E-state index is -1.14. The first-order valence-corrected chi connectivity index (χ1v) is 4.38. The quantitative estimate of drug-likeness (QED) is 0.562. The van der Waals surface area contributed by atoms with Crippen molar-refractivity contribution in [2.45, 2.75) is 19.4 Å². The van der Waals surface area contributed by atoms with Crippen LogP contribution in [0.2, 0.25) is 0 Å². The number of amides is 2. The molecule has 0 aliphatic rings. The van der Waals surface area contributed by atoms with E-state index in [0.29, 0.717) is 6.54 Å². The van der Waals surface area contributed by atoms with E-state index in [4.69, 9.17) is 10.2 Å². The van der Waals surface area contributed by atoms with Crippen LogP contribution in [-0.2, 0) is 4.79 Å². The highest BCUT2D eigenvalue weighted by Crippen LogP contribution is 1.93. The topological polar surface area (TPSA) is 89.9 Å². The number of urea groups is 1. The van der Waals surface area contributed by atoms with Crippen molar-refractivity contribution < 1.29 is 19.8 Å². The molecule has 82 valence electrons. The van der Waals surface area contributed by atoms with Gasteiger partial charge < -0.3 is 20.4 Å². The van der Waals surface area contributed by atoms with Crippen LogP contribution in [0.15, 0.2) is 0 Å². The monoisotopic (exact) mass is 204 g/mol. The number of carboxylic acid groups (broad SMARTS) is 1. The number of hydrogen-bond acceptors (Lipinski definition) is 3. The van der Waals surface area contributed by atoms with Crippen LogP contribution in [0.1, 0.15) is 13.3 Å². The number of carbonyl (C=O) groups is 2. The standard InChI is InChI=1S/C8H16N2O4/c1-3-10(2)8(14)9-6(4-5-11)7(12)13/h6,11H,3-5H2,1-2H3,(H,9,14)(H,12,13)/t6-/m0/s1. The molecular formula is C8H16N2O4. The first kappa shape index (κ1) is 12.7. The molecule has 0 unspecified atom stereocenters. The molecule has 0 aromatic carbocycles. The van der Waals surface area contributed by atoms with Gasteiger partial charge >= 0.3 is 12.0 Å². The normalized spacial score (nSPS) is 11.9. The summed E-state index contributed by atoms with van der Waals surface area (Å²) < 4.78 is 0. The molecule has 0 aliphatic heterocycles. The summed E-state index contributed by atoms with van der Waals surface area (Å²) in [7, 11) is 1.56. The number of nitrogens with zero attached hydrogens (tertiary/aromatic N) is 1. The van der Waals surface area contributed by atoms with Gasteiger partial charge in [-0.2, -0.15) is 0 Å². The number of carboxylic acids is 1. The van der Waals surface area contributed by atoms with Crippen molar-refractivity contribution >= 4 is 12.0 Å². The summed E-state index contributed by atoms with van der Waals surface area (Å²) in [5, 5.41) is 19.5. The van der Waals surface area contributed by atoms with Gasteiger partial charge in [0.25, 0.3) is 0 Å². The predicted octanol–water partition coefficient (Wildman–Crippen LogP) is -0.517. The van der Waals surface area contributed by atoms with Crippen LogP contribution in [0, 0.1) is 0 Å². The Kier molecular flexibility index (Phi) is 5.62. The molecule has 6 heteroatoms. The molecule has 0 fully saturated rings. The summed E-state index contributed by atoms with van der Waals surface area (Å²) in [5.74, 6) is -1.14. The lowest BCUT2D eigenvalue weighted by atomic mass is 10.2. The molecule has 0 radical (unpaired) electrons. The Labute approximate surface area is 82.5 Å². The zero-order chi connectivity index (χ0) is 11.1. The summed E-state index contributed by atoms with van der Waals surface area (Å²) in [5.41, 5.74) is 0. The molecule has 0 saturated carbocycles. The summed E-state index contributed by atoms with van der Waals surface area (Å²) in [6.45, 7) is 2.01. The molecule has 0 spiro atoms. The van der Waals surface area contributed by atoms with E-state index in [-0.39, 0.29) is 13.0 Å². The first-order valence-electron chi connectivity index (χ1n) is 4.38. The largest absolute Gasteiger partial charge is 0.480 e. The zero-order valence-corrected chi connectivity index (χ0v) is 8.36. The van der Waals surface area contributed by atoms with Gasteiger partial charge in [0.2, 0.25) is 0 Å². The number of aliphatic hydroxyl groups excluding tert-OH is 1. The van der Waals surface area contributed by atoms with Crippen LogP contribution in [0.4, 0.5) is 4.79 Å². The van der Waals surface area contributed by atoms with Crippen LogP contribution in [0.3, 0.4) is 0 Å². The molecule has 1 atom stereocenters. The van der Waals surface area contributed by atoms with Crippen LogP contribution in [0.5, 0.6) is 0 Å². The number of aliphatic hydroxyl groups is 1. The third-order valence-electron chi connectivity index (χ3n) is 1.83. The Bertz CT molecular complexity index is 208. The molecule has 0 aromatic rings. The second-order valence-electron chi connectivity index (χ2n) is 2.87. The van der Waals surface area contributed by atoms with Crippen molar-refractivity contribution in [2.24, 2.45) is 0 Å². The van der Waals surface area contributed by atoms with Crippen LogP contribution >= 0.6 is 0 Å². The first-order chi connectivity index (χ1) is 6.52. The summed E-state index contributed by atoms with van der Waals surface area (Å²) in [6, 6.07) is -1.48. The molecule has 0 rings (SSSR count). The fraction of sp³-hybridized carbons (Fsp3) is 0.750. The number of rotatable bonds is 5. The van der Waals surface area contributed by atoms with E-state index in [0.717, 1.165) is 0 Å². The van der Waals surface area contributed by atoms with Gasteiger partial charge in [-0.25, -0.2) is 9.59 Å². The van der Waals surface area contributed by atoms with Crippen molar-refractivity contribution in [1.82, 2.24) is 10.2 Å². The highest BCUT2D eigenvalue weighted by atomic mass is 16.4. The second kappa shape index (κ2) is 6.20. The van der Waals surface area contributed by atoms with E-state index < -0.39 is 18.0 Å². The van der Waals surface area contributed by atoms with Gasteiger partial charge in [0.1, 0.15) is 6.04 Å². The maximum atomic E-state index is 11.2. The van der Waals surface area contributed by atoms with Crippen LogP contribution in [0.25, 0.3) is 0 Å². The number of aliphatic carboxylic acids is 1. The Morgan fingerprint density at radius 2 is 2.07 bits per heavy atom. The van der Waals surface area contributed by atoms with E-state index in [1.807, 2.05) is 0 Å². The van der Waals surface area contributed by atoms with Gasteiger partial charge in [-0.15, -0.1) is 0 Å². The van der Waals surface area contributed by atoms with Crippen molar-refractivity contribution in [1.29, 1.82) is 0 Å². The molecule has 2 amide bonds. The lowest BCUT2D eigenvalue weighted by Gasteiger charge is -2.19. The van der Waals surface area contributed by atoms with E-state index in [2.05, 4.69) is 5.32 Å². The highest BCUT2D eigenvalue weighted by Gasteiger charge is 2.20. The SMILES string of the molecule is CCN(C)C(=O)N[C@@H](CCO)C(=O)O. The fourth-order valence-electron chi connectivity index (χ4n) is 0.789. The molecule has 14 heavy (non-hydrogen) atoms. The van der Waals surface area contributed by atoms with Gasteiger partial charge in [0, 0.05) is 26.6 Å². The zero-order valence-electron chi connectivity index (χ0n) is 8.36. The molecule has 0 heterocycles. The van der Waals surface area contributed by atoms with Crippen molar-refractivity contribution in [3.63, 3.8) is 0 Å². The fourth-order valence-corrected chi connectivity index (χ4v) is 0.789. The molecule has 3 N–H and O–H groups in total. The van der Waals surface area contributed by atoms with E-state index >= 15 is 0 Å². The Balaban J connectivity index is 4.15. The maximum absolute atomic E-state index is 11.2. The third kappa shape index (κ3) is 4.08. The number of hydrogen-bond donors (Lipinski definition) is 3. The summed E-state index contributed by atoms with van der Waals surface area (Å²) >= 11 is 0. The van der Waals surface area contributed by atoms with Gasteiger partial charge in [-0.05, 0) is 6.92 Å². The van der Waals surface area contributed by atoms with E-state index in [9.17, 15) is 9.59 Å². The minimum absolute atomic E-state index is 0.0125. The van der Waals surface area contributed by atoms with Gasteiger partial charge in [-0.3, -0.25) is 0 Å². The average Bonchev–Trinajstić information content (AvgIpc) is 2.15. The molecule has 0 aliphatic carbocycles. The van der Waals surface area contributed by atoms with Crippen molar-refractivity contribution in [3.8, 4) is 0 Å². The van der Waals surface area contributed by atoms with E-state index in [1.165, 1.54) is 4.90 Å². The molecule has 0 aromatic heterocycles. The number of carbonyl (C=O) groups excluding carboxylic acids is 1. The van der Waals surface area contributed by atoms with Crippen LogP contribution in [-0.4, -0.2) is 53.4 Å². The Morgan fingerprint density at radius 3 is 2.43 bits per heavy atom. The predicted molar refractivity (Wildman–Crippen MR) is 50.0 cm³/mol. The van der Waals surface area contributed by atoms with Crippen molar-refractivity contribution in [2.75, 3.05) is 20.2 Å². The summed E-state index contributed by atoms with van der Waals surface area (Å²) in [4.78, 5) is 23.2. The lowest BCUT2D eigenvalue weighted by molar-refractivity contribution is -0.139. The van der Waals surface area contributed by atoms with Crippen LogP contribution < -0.4 is 5.32 Å². The Hall–Kier alpha value is -1.30. The Morgan fingerprint density at radius 1 is 1.50 bits per heavy atom. The summed E-state index contributed by atoms with van der Waals surface area (Å²) in [6.07, 6.45) is 0.0125. The maximum Gasteiger partial charge on any atom is 0.326 e. The third-order valence-corrected chi connectivity index (χ3v) is 1.83. The molecule has 0 saturated heterocycles. The molecular weight excluding hydrogens is 188 g/mol.